The van der Waals surface area contributed by atoms with E-state index in [9.17, 15) is 4.79 Å². The average molecular weight is 410 g/mol. The molecule has 0 saturated carbocycles. The first-order chi connectivity index (χ1) is 14.6. The average Bonchev–Trinajstić information content (AvgIpc) is 2.79. The van der Waals surface area contributed by atoms with Crippen molar-refractivity contribution in [3.8, 4) is 5.75 Å². The Morgan fingerprint density at radius 3 is 2.33 bits per heavy atom. The van der Waals surface area contributed by atoms with Crippen molar-refractivity contribution in [1.29, 1.82) is 0 Å². The minimum absolute atomic E-state index is 0.0745. The highest BCUT2D eigenvalue weighted by Crippen LogP contribution is 2.29. The first-order valence-corrected chi connectivity index (χ1v) is 11.2. The van der Waals surface area contributed by atoms with E-state index in [1.807, 2.05) is 44.2 Å². The van der Waals surface area contributed by atoms with E-state index in [1.165, 1.54) is 5.56 Å². The molecule has 0 spiro atoms. The number of carbonyl (C=O) groups is 1. The molecule has 0 radical (unpaired) electrons. The maximum absolute atomic E-state index is 13.0. The second-order valence-corrected chi connectivity index (χ2v) is 7.86. The van der Waals surface area contributed by atoms with Crippen LogP contribution in [-0.2, 0) is 4.79 Å². The topological polar surface area (TPSA) is 44.8 Å². The van der Waals surface area contributed by atoms with Gasteiger partial charge in [-0.1, -0.05) is 55.8 Å². The van der Waals surface area contributed by atoms with Crippen molar-refractivity contribution in [2.24, 2.45) is 0 Å². The van der Waals surface area contributed by atoms with Crippen molar-refractivity contribution < 1.29 is 9.53 Å². The largest absolute Gasteiger partial charge is 0.492 e. The number of benzene rings is 2. The van der Waals surface area contributed by atoms with Gasteiger partial charge in [0, 0.05) is 26.2 Å². The Labute approximate surface area is 181 Å². The molecule has 3 rings (SSSR count). The molecule has 1 aliphatic heterocycles. The molecule has 2 aromatic carbocycles. The van der Waals surface area contributed by atoms with Gasteiger partial charge < -0.3 is 15.0 Å². The Kier molecular flexibility index (Phi) is 8.14. The van der Waals surface area contributed by atoms with Gasteiger partial charge >= 0.3 is 0 Å². The number of rotatable bonds is 9. The number of anilines is 1. The molecule has 162 valence electrons. The highest BCUT2D eigenvalue weighted by molar-refractivity contribution is 5.81. The molecule has 1 saturated heterocycles. The molecular formula is C25H35N3O2. The molecule has 1 aliphatic rings. The number of ether oxygens (including phenoxy) is 1. The number of hydrogen-bond donors (Lipinski definition) is 1. The van der Waals surface area contributed by atoms with E-state index in [0.717, 1.165) is 50.5 Å². The van der Waals surface area contributed by atoms with Gasteiger partial charge in [0.25, 0.3) is 0 Å². The van der Waals surface area contributed by atoms with Crippen LogP contribution in [0.2, 0.25) is 0 Å². The molecule has 0 unspecified atom stereocenters. The fourth-order valence-corrected chi connectivity index (χ4v) is 4.10. The number of nitrogens with one attached hydrogen (secondary N) is 1. The van der Waals surface area contributed by atoms with E-state index >= 15 is 0 Å². The monoisotopic (exact) mass is 409 g/mol. The third kappa shape index (κ3) is 5.54. The summed E-state index contributed by atoms with van der Waals surface area (Å²) < 4.78 is 5.79. The summed E-state index contributed by atoms with van der Waals surface area (Å²) in [6.45, 7) is 10.3. The number of hydrogen-bond acceptors (Lipinski definition) is 4. The van der Waals surface area contributed by atoms with Crippen LogP contribution in [0.15, 0.2) is 54.6 Å². The van der Waals surface area contributed by atoms with Crippen molar-refractivity contribution in [1.82, 2.24) is 10.2 Å². The van der Waals surface area contributed by atoms with Gasteiger partial charge in [-0.2, -0.15) is 0 Å². The van der Waals surface area contributed by atoms with Gasteiger partial charge in [0.05, 0.1) is 24.4 Å². The van der Waals surface area contributed by atoms with Gasteiger partial charge in [0.1, 0.15) is 5.75 Å². The lowest BCUT2D eigenvalue weighted by molar-refractivity contribution is -0.126. The fraction of sp³-hybridized carbons (Fsp3) is 0.480. The Morgan fingerprint density at radius 1 is 1.00 bits per heavy atom. The van der Waals surface area contributed by atoms with Crippen molar-refractivity contribution in [3.63, 3.8) is 0 Å². The molecule has 1 fully saturated rings. The van der Waals surface area contributed by atoms with Crippen LogP contribution >= 0.6 is 0 Å². The van der Waals surface area contributed by atoms with E-state index in [-0.39, 0.29) is 18.0 Å². The summed E-state index contributed by atoms with van der Waals surface area (Å²) in [5, 5.41) is 3.29. The van der Waals surface area contributed by atoms with Crippen LogP contribution in [0.3, 0.4) is 0 Å². The van der Waals surface area contributed by atoms with Crippen LogP contribution < -0.4 is 15.0 Å². The summed E-state index contributed by atoms with van der Waals surface area (Å²) in [6.07, 6.45) is 1.98. The number of piperazine rings is 1. The second-order valence-electron chi connectivity index (χ2n) is 7.86. The summed E-state index contributed by atoms with van der Waals surface area (Å²) in [5.74, 6) is 1.05. The van der Waals surface area contributed by atoms with Gasteiger partial charge in [0.15, 0.2) is 0 Å². The van der Waals surface area contributed by atoms with E-state index in [0.29, 0.717) is 6.61 Å². The van der Waals surface area contributed by atoms with Crippen molar-refractivity contribution in [2.45, 2.75) is 45.7 Å². The van der Waals surface area contributed by atoms with Crippen LogP contribution in [-0.4, -0.2) is 49.6 Å². The summed E-state index contributed by atoms with van der Waals surface area (Å²) in [7, 11) is 0. The summed E-state index contributed by atoms with van der Waals surface area (Å²) in [5.41, 5.74) is 2.32. The second kappa shape index (κ2) is 11.0. The lowest BCUT2D eigenvalue weighted by Crippen LogP contribution is -2.54. The molecule has 30 heavy (non-hydrogen) atoms. The molecule has 1 heterocycles. The van der Waals surface area contributed by atoms with Gasteiger partial charge in [-0.05, 0) is 38.0 Å². The maximum atomic E-state index is 13.0. The van der Waals surface area contributed by atoms with Crippen molar-refractivity contribution >= 4 is 11.6 Å². The normalized spacial score (nSPS) is 16.7. The Morgan fingerprint density at radius 2 is 1.67 bits per heavy atom. The van der Waals surface area contributed by atoms with Crippen LogP contribution in [0.25, 0.3) is 0 Å². The van der Waals surface area contributed by atoms with Crippen molar-refractivity contribution in [2.75, 3.05) is 37.7 Å². The molecule has 2 aromatic rings. The third-order valence-electron chi connectivity index (χ3n) is 5.84. The van der Waals surface area contributed by atoms with Gasteiger partial charge in [0.2, 0.25) is 5.91 Å². The molecule has 0 aromatic heterocycles. The summed E-state index contributed by atoms with van der Waals surface area (Å²) in [6, 6.07) is 18.4. The smallest absolute Gasteiger partial charge is 0.237 e. The molecule has 0 aliphatic carbocycles. The predicted octanol–water partition coefficient (Wildman–Crippen LogP) is 4.25. The zero-order valence-corrected chi connectivity index (χ0v) is 18.5. The molecule has 5 nitrogen and oxygen atoms in total. The first-order valence-electron chi connectivity index (χ1n) is 11.2. The lowest BCUT2D eigenvalue weighted by atomic mass is 10.0. The van der Waals surface area contributed by atoms with Gasteiger partial charge in [-0.15, -0.1) is 0 Å². The van der Waals surface area contributed by atoms with Crippen LogP contribution in [0, 0.1) is 0 Å². The van der Waals surface area contributed by atoms with Crippen LogP contribution in [0.4, 0.5) is 5.69 Å². The Balaban J connectivity index is 1.58. The van der Waals surface area contributed by atoms with Crippen LogP contribution in [0.1, 0.15) is 45.2 Å². The Hall–Kier alpha value is -2.53. The molecule has 0 bridgehead atoms. The predicted molar refractivity (Wildman–Crippen MR) is 123 cm³/mol. The van der Waals surface area contributed by atoms with E-state index in [1.54, 1.807) is 0 Å². The molecule has 1 N–H and O–H groups in total. The van der Waals surface area contributed by atoms with Crippen LogP contribution in [0.5, 0.6) is 5.75 Å². The zero-order valence-electron chi connectivity index (χ0n) is 18.5. The number of amides is 1. The van der Waals surface area contributed by atoms with E-state index in [4.69, 9.17) is 4.74 Å². The minimum atomic E-state index is -0.141. The highest BCUT2D eigenvalue weighted by atomic mass is 16.5. The summed E-state index contributed by atoms with van der Waals surface area (Å²) >= 11 is 0. The fourth-order valence-electron chi connectivity index (χ4n) is 4.10. The van der Waals surface area contributed by atoms with Crippen molar-refractivity contribution in [3.05, 3.63) is 60.2 Å². The van der Waals surface area contributed by atoms with E-state index in [2.05, 4.69) is 46.3 Å². The first kappa shape index (κ1) is 22.2. The maximum Gasteiger partial charge on any atom is 0.237 e. The molecule has 1 amide bonds. The minimum Gasteiger partial charge on any atom is -0.492 e. The van der Waals surface area contributed by atoms with Gasteiger partial charge in [-0.3, -0.25) is 9.69 Å². The number of para-hydroxylation sites is 2. The van der Waals surface area contributed by atoms with E-state index < -0.39 is 0 Å². The number of carbonyl (C=O) groups excluding carboxylic acids is 1. The SMILES string of the molecule is CCC[C@H](NC(=O)[C@H](C)N1CCN(c2ccccc2OCC)CC1)c1ccccc1. The lowest BCUT2D eigenvalue weighted by Gasteiger charge is -2.39. The standard InChI is InChI=1S/C25H35N3O2/c1-4-11-22(21-12-7-6-8-13-21)26-25(29)20(3)27-16-18-28(19-17-27)23-14-9-10-15-24(23)30-5-2/h6-10,12-15,20,22H,4-5,11,16-19H2,1-3H3,(H,26,29)/t20-,22-/m0/s1. The quantitative estimate of drug-likeness (QED) is 0.672. The molecule has 5 heteroatoms. The Bertz CT molecular complexity index is 788. The van der Waals surface area contributed by atoms with Gasteiger partial charge in [-0.25, -0.2) is 0 Å². The highest BCUT2D eigenvalue weighted by Gasteiger charge is 2.28. The molecule has 2 atom stereocenters. The zero-order chi connectivity index (χ0) is 21.3. The molecular weight excluding hydrogens is 374 g/mol. The number of nitrogens with zero attached hydrogens (tertiary/aromatic N) is 2. The summed E-state index contributed by atoms with van der Waals surface area (Å²) in [4.78, 5) is 17.6. The third-order valence-corrected chi connectivity index (χ3v) is 5.84.